The van der Waals surface area contributed by atoms with Crippen LogP contribution in [0.4, 0.5) is 5.13 Å². The van der Waals surface area contributed by atoms with Gasteiger partial charge >= 0.3 is 11.9 Å². The van der Waals surface area contributed by atoms with E-state index in [-0.39, 0.29) is 45.9 Å². The Morgan fingerprint density at radius 2 is 2.02 bits per heavy atom. The van der Waals surface area contributed by atoms with Crippen molar-refractivity contribution < 1.29 is 44.2 Å². The molecule has 1 fully saturated rings. The first-order valence-electron chi connectivity index (χ1n) is 12.2. The summed E-state index contributed by atoms with van der Waals surface area (Å²) in [5.41, 5.74) is 4.46. The lowest BCUT2D eigenvalue weighted by molar-refractivity contribution is -0.150. The van der Waals surface area contributed by atoms with Gasteiger partial charge in [0.25, 0.3) is 11.8 Å². The zero-order valence-corrected chi connectivity index (χ0v) is 24.0. The summed E-state index contributed by atoms with van der Waals surface area (Å²) in [7, 11) is 0. The van der Waals surface area contributed by atoms with Gasteiger partial charge in [-0.15, -0.1) is 23.1 Å². The van der Waals surface area contributed by atoms with Crippen LogP contribution in [0.5, 0.6) is 5.75 Å². The van der Waals surface area contributed by atoms with Gasteiger partial charge in [-0.3, -0.25) is 24.1 Å². The highest BCUT2D eigenvalue weighted by Gasteiger charge is 2.54. The van der Waals surface area contributed by atoms with Crippen LogP contribution >= 0.6 is 23.1 Å². The van der Waals surface area contributed by atoms with Crippen LogP contribution in [0.25, 0.3) is 0 Å². The molecule has 1 unspecified atom stereocenters. The van der Waals surface area contributed by atoms with Crippen LogP contribution in [-0.2, 0) is 28.8 Å². The van der Waals surface area contributed by atoms with E-state index in [1.807, 2.05) is 0 Å². The fourth-order valence-corrected chi connectivity index (χ4v) is 6.04. The Hall–Kier alpha value is -4.58. The third-order valence-corrected chi connectivity index (χ3v) is 8.17. The fraction of sp³-hybridized carbons (Fsp3) is 0.375. The molecule has 2 aliphatic rings. The molecule has 2 aliphatic heterocycles. The van der Waals surface area contributed by atoms with Gasteiger partial charge in [-0.25, -0.2) is 9.78 Å². The van der Waals surface area contributed by atoms with Crippen molar-refractivity contribution in [1.82, 2.24) is 19.9 Å². The first kappa shape index (κ1) is 30.4. The van der Waals surface area contributed by atoms with Crippen LogP contribution in [-0.4, -0.2) is 83.3 Å². The number of pyridine rings is 1. The number of nitrogens with two attached hydrogens (primary N) is 1. The molecule has 2 aromatic rings. The van der Waals surface area contributed by atoms with E-state index in [4.69, 9.17) is 15.3 Å². The summed E-state index contributed by atoms with van der Waals surface area (Å²) in [5.74, 6) is -4.54. The smallest absolute Gasteiger partial charge is 0.352 e. The van der Waals surface area contributed by atoms with Crippen molar-refractivity contribution in [2.24, 2.45) is 11.1 Å². The molecule has 2 aromatic heterocycles. The van der Waals surface area contributed by atoms with Gasteiger partial charge < -0.3 is 36.0 Å². The van der Waals surface area contributed by atoms with Crippen molar-refractivity contribution in [3.05, 3.63) is 50.5 Å². The van der Waals surface area contributed by atoms with Gasteiger partial charge in [-0.1, -0.05) is 19.0 Å². The number of nitrogen functional groups attached to an aromatic ring is 1. The molecule has 6 N–H and O–H groups in total. The number of esters is 1. The number of anilines is 1. The number of hydrogen-bond acceptors (Lipinski definition) is 14. The average molecular weight is 623 g/mol. The maximum absolute atomic E-state index is 13.4. The summed E-state index contributed by atoms with van der Waals surface area (Å²) in [5, 5.41) is 36.8. The highest BCUT2D eigenvalue weighted by molar-refractivity contribution is 8.00. The fourth-order valence-electron chi connectivity index (χ4n) is 4.16. The van der Waals surface area contributed by atoms with Crippen molar-refractivity contribution in [3.8, 4) is 5.75 Å². The number of amides is 2. The Morgan fingerprint density at radius 3 is 2.62 bits per heavy atom. The SMILES string of the molecule is CC(=O)OCC1=C(C(=O)O)N2C(=O)[C@@H](NC(=O)/C(=N\OC(c3cc(=O)c(O)cn3O)C(C)C)c3csc(N)n3)[C@H]2SC1. The molecule has 4 heterocycles. The van der Waals surface area contributed by atoms with Crippen LogP contribution < -0.4 is 16.5 Å². The molecule has 0 aliphatic carbocycles. The molecule has 0 radical (unpaired) electrons. The number of nitrogens with one attached hydrogen (secondary N) is 1. The maximum Gasteiger partial charge on any atom is 0.352 e. The zero-order valence-electron chi connectivity index (χ0n) is 22.3. The van der Waals surface area contributed by atoms with Crippen molar-refractivity contribution in [2.75, 3.05) is 18.1 Å². The number of fused-ring (bicyclic) bond motifs is 1. The van der Waals surface area contributed by atoms with E-state index in [1.165, 1.54) is 24.1 Å². The van der Waals surface area contributed by atoms with Crippen LogP contribution in [0.1, 0.15) is 38.3 Å². The van der Waals surface area contributed by atoms with Crippen LogP contribution in [0, 0.1) is 5.92 Å². The summed E-state index contributed by atoms with van der Waals surface area (Å²) >= 11 is 2.19. The Bertz CT molecular complexity index is 1560. The first-order valence-corrected chi connectivity index (χ1v) is 14.2. The summed E-state index contributed by atoms with van der Waals surface area (Å²) in [6, 6.07) is -0.171. The molecule has 42 heavy (non-hydrogen) atoms. The van der Waals surface area contributed by atoms with Crippen molar-refractivity contribution in [2.45, 2.75) is 38.3 Å². The van der Waals surface area contributed by atoms with E-state index in [0.29, 0.717) is 4.73 Å². The third-order valence-electron chi connectivity index (χ3n) is 6.16. The van der Waals surface area contributed by atoms with Crippen molar-refractivity contribution in [3.63, 3.8) is 0 Å². The van der Waals surface area contributed by atoms with E-state index in [0.717, 1.165) is 28.5 Å². The van der Waals surface area contributed by atoms with Gasteiger partial charge in [-0.05, 0) is 5.92 Å². The largest absolute Gasteiger partial charge is 0.503 e. The second-order valence-corrected chi connectivity index (χ2v) is 11.5. The van der Waals surface area contributed by atoms with Gasteiger partial charge in [0, 0.05) is 29.7 Å². The van der Waals surface area contributed by atoms with E-state index >= 15 is 0 Å². The number of thioether (sulfide) groups is 1. The lowest BCUT2D eigenvalue weighted by atomic mass is 10.0. The van der Waals surface area contributed by atoms with Crippen molar-refractivity contribution >= 4 is 57.7 Å². The molecule has 0 saturated carbocycles. The number of carboxylic acid groups (broad SMARTS) is 1. The number of thiazole rings is 1. The highest BCUT2D eigenvalue weighted by atomic mass is 32.2. The maximum atomic E-state index is 13.4. The second-order valence-electron chi connectivity index (χ2n) is 9.47. The monoisotopic (exact) mass is 622 g/mol. The molecular weight excluding hydrogens is 596 g/mol. The Labute approximate surface area is 245 Å². The molecule has 1 saturated heterocycles. The molecule has 3 atom stereocenters. The van der Waals surface area contributed by atoms with Gasteiger partial charge in [-0.2, -0.15) is 4.73 Å². The average Bonchev–Trinajstić information content (AvgIpc) is 3.35. The molecule has 0 spiro atoms. The number of aliphatic carboxylic acids is 1. The van der Waals surface area contributed by atoms with E-state index in [1.54, 1.807) is 13.8 Å². The van der Waals surface area contributed by atoms with Gasteiger partial charge in [0.05, 0.1) is 6.20 Å². The number of carbonyl (C=O) groups is 4. The number of rotatable bonds is 10. The third kappa shape index (κ3) is 6.03. The summed E-state index contributed by atoms with van der Waals surface area (Å²) < 4.78 is 5.42. The zero-order chi connectivity index (χ0) is 30.9. The van der Waals surface area contributed by atoms with Crippen molar-refractivity contribution in [1.29, 1.82) is 0 Å². The predicted octanol–water partition coefficient (Wildman–Crippen LogP) is 0.250. The number of hydrogen-bond donors (Lipinski definition) is 5. The standard InChI is InChI=1S/C24H26N6O10S2/c1-9(2)19(13-4-14(32)15(33)5-29(13)38)40-28-16(12-8-42-24(25)26-12)20(34)27-17-21(35)30-18(23(36)37)11(6-39-10(3)31)7-41-22(17)30/h4-5,8-9,17,19,22,33,38H,6-7H2,1-3H3,(H2,25,26)(H,27,34)(H,36,37)/b28-16-/t17-,19?,22-/m1/s1. The van der Waals surface area contributed by atoms with Crippen LogP contribution in [0.15, 0.2) is 38.9 Å². The van der Waals surface area contributed by atoms with Gasteiger partial charge in [0.15, 0.2) is 22.7 Å². The van der Waals surface area contributed by atoms with E-state index in [9.17, 15) is 39.4 Å². The Balaban J connectivity index is 1.59. The molecular formula is C24H26N6O10S2. The summed E-state index contributed by atoms with van der Waals surface area (Å²) in [6.45, 7) is 4.28. The lowest BCUT2D eigenvalue weighted by Crippen LogP contribution is -2.71. The van der Waals surface area contributed by atoms with Crippen LogP contribution in [0.3, 0.4) is 0 Å². The quantitative estimate of drug-likeness (QED) is 0.0786. The molecule has 4 rings (SSSR count). The number of aromatic nitrogens is 2. The minimum Gasteiger partial charge on any atom is -0.503 e. The second kappa shape index (κ2) is 12.1. The summed E-state index contributed by atoms with van der Waals surface area (Å²) in [6.07, 6.45) is -0.280. The topological polar surface area (TPSA) is 236 Å². The highest BCUT2D eigenvalue weighted by Crippen LogP contribution is 2.40. The number of aromatic hydroxyl groups is 1. The molecule has 224 valence electrons. The number of nitrogens with zero attached hydrogens (tertiary/aromatic N) is 4. The minimum absolute atomic E-state index is 0.0133. The lowest BCUT2D eigenvalue weighted by Gasteiger charge is -2.49. The predicted molar refractivity (Wildman–Crippen MR) is 148 cm³/mol. The van der Waals surface area contributed by atoms with E-state index in [2.05, 4.69) is 15.5 Å². The number of carboxylic acids is 1. The molecule has 18 heteroatoms. The number of ether oxygens (including phenoxy) is 1. The van der Waals surface area contributed by atoms with Gasteiger partial charge in [0.1, 0.15) is 35.1 Å². The normalized spacial score (nSPS) is 19.2. The molecule has 0 bridgehead atoms. The Kier molecular flexibility index (Phi) is 8.76. The number of oxime groups is 1. The van der Waals surface area contributed by atoms with Gasteiger partial charge in [0.2, 0.25) is 5.43 Å². The van der Waals surface area contributed by atoms with E-state index < -0.39 is 58.4 Å². The number of carbonyl (C=O) groups excluding carboxylic acids is 3. The molecule has 2 amide bonds. The molecule has 16 nitrogen and oxygen atoms in total. The Morgan fingerprint density at radius 1 is 1.31 bits per heavy atom. The number of β-lactam (4-membered cyclic amide) rings is 1. The molecule has 0 aromatic carbocycles. The minimum atomic E-state index is -1.38. The summed E-state index contributed by atoms with van der Waals surface area (Å²) in [4.78, 5) is 72.3. The van der Waals surface area contributed by atoms with Crippen LogP contribution in [0.2, 0.25) is 0 Å². The first-order chi connectivity index (χ1) is 19.8.